The minimum atomic E-state index is -0.977. The molecular weight excluding hydrogens is 260 g/mol. The van der Waals surface area contributed by atoms with Gasteiger partial charge in [0.1, 0.15) is 6.54 Å². The van der Waals surface area contributed by atoms with Crippen molar-refractivity contribution in [2.45, 2.75) is 39.7 Å². The molecule has 0 aliphatic heterocycles. The van der Waals surface area contributed by atoms with Gasteiger partial charge in [-0.3, -0.25) is 14.3 Å². The highest BCUT2D eigenvalue weighted by Crippen LogP contribution is 2.26. The molecule has 0 aliphatic carbocycles. The van der Waals surface area contributed by atoms with Crippen molar-refractivity contribution >= 4 is 17.6 Å². The largest absolute Gasteiger partial charge is 0.480 e. The van der Waals surface area contributed by atoms with Crippen molar-refractivity contribution in [3.63, 3.8) is 0 Å². The van der Waals surface area contributed by atoms with E-state index in [1.165, 1.54) is 17.1 Å². The summed E-state index contributed by atoms with van der Waals surface area (Å²) in [6.45, 7) is 4.55. The molecule has 0 bridgehead atoms. The molecule has 20 heavy (non-hydrogen) atoms. The van der Waals surface area contributed by atoms with E-state index in [2.05, 4.69) is 24.3 Å². The van der Waals surface area contributed by atoms with E-state index in [-0.39, 0.29) is 17.9 Å². The number of amides is 1. The summed E-state index contributed by atoms with van der Waals surface area (Å²) in [4.78, 5) is 22.3. The number of hydrogen-bond donors (Lipinski definition) is 3. The quantitative estimate of drug-likeness (QED) is 0.660. The molecule has 1 heterocycles. The molecule has 0 aliphatic rings. The van der Waals surface area contributed by atoms with Crippen molar-refractivity contribution < 1.29 is 14.7 Å². The van der Waals surface area contributed by atoms with Crippen LogP contribution in [-0.4, -0.2) is 33.3 Å². The Balaban J connectivity index is 2.42. The van der Waals surface area contributed by atoms with Gasteiger partial charge in [-0.15, -0.1) is 0 Å². The van der Waals surface area contributed by atoms with E-state index in [0.717, 1.165) is 12.8 Å². The number of carboxylic acids is 1. The third-order valence-corrected chi connectivity index (χ3v) is 3.06. The second kappa shape index (κ2) is 7.04. The number of hydrogen-bond acceptors (Lipinski definition) is 4. The zero-order valence-electron chi connectivity index (χ0n) is 11.9. The fourth-order valence-electron chi connectivity index (χ4n) is 1.84. The zero-order valence-corrected chi connectivity index (χ0v) is 11.9. The van der Waals surface area contributed by atoms with Gasteiger partial charge in [-0.2, -0.15) is 5.10 Å². The van der Waals surface area contributed by atoms with Crippen LogP contribution in [-0.2, 0) is 16.1 Å². The monoisotopic (exact) mass is 282 g/mol. The van der Waals surface area contributed by atoms with Crippen LogP contribution in [0.1, 0.15) is 33.1 Å². The molecule has 0 unspecified atom stereocenters. The van der Waals surface area contributed by atoms with E-state index in [1.807, 2.05) is 0 Å². The molecule has 7 heteroatoms. The Morgan fingerprint density at radius 2 is 2.15 bits per heavy atom. The van der Waals surface area contributed by atoms with Crippen LogP contribution < -0.4 is 11.1 Å². The predicted octanol–water partition coefficient (Wildman–Crippen LogP) is 1.06. The van der Waals surface area contributed by atoms with Gasteiger partial charge in [-0.25, -0.2) is 0 Å². The first-order chi connectivity index (χ1) is 9.32. The number of nitrogens with one attached hydrogen (secondary N) is 1. The van der Waals surface area contributed by atoms with Crippen molar-refractivity contribution in [3.05, 3.63) is 12.4 Å². The van der Waals surface area contributed by atoms with Crippen molar-refractivity contribution in [1.82, 2.24) is 9.78 Å². The van der Waals surface area contributed by atoms with Crippen LogP contribution in [0.15, 0.2) is 12.4 Å². The molecule has 0 atom stereocenters. The molecule has 0 saturated carbocycles. The molecule has 0 fully saturated rings. The average Bonchev–Trinajstić information content (AvgIpc) is 2.73. The molecule has 4 N–H and O–H groups in total. The van der Waals surface area contributed by atoms with Gasteiger partial charge in [0.25, 0.3) is 0 Å². The van der Waals surface area contributed by atoms with E-state index in [1.54, 1.807) is 0 Å². The Kier molecular flexibility index (Phi) is 5.69. The summed E-state index contributed by atoms with van der Waals surface area (Å²) in [5.74, 6) is -1.08. The standard InChI is InChI=1S/C13H22N4O3/c1-13(2,5-6-14)4-3-11(18)16-10-7-15-17(8-10)9-12(19)20/h7-8H,3-6,9,14H2,1-2H3,(H,16,18)(H,19,20). The summed E-state index contributed by atoms with van der Waals surface area (Å²) in [5.41, 5.74) is 6.08. The maximum Gasteiger partial charge on any atom is 0.325 e. The highest BCUT2D eigenvalue weighted by molar-refractivity contribution is 5.90. The Hall–Kier alpha value is -1.89. The van der Waals surface area contributed by atoms with Crippen LogP contribution in [0.2, 0.25) is 0 Å². The van der Waals surface area contributed by atoms with E-state index < -0.39 is 5.97 Å². The summed E-state index contributed by atoms with van der Waals surface area (Å²) in [6, 6.07) is 0. The van der Waals surface area contributed by atoms with E-state index >= 15 is 0 Å². The molecule has 1 rings (SSSR count). The summed E-state index contributed by atoms with van der Waals surface area (Å²) in [7, 11) is 0. The third-order valence-electron chi connectivity index (χ3n) is 3.06. The molecule has 1 aromatic rings. The molecule has 1 aromatic heterocycles. The maximum atomic E-state index is 11.8. The first-order valence-electron chi connectivity index (χ1n) is 6.56. The van der Waals surface area contributed by atoms with Crippen LogP contribution in [0.3, 0.4) is 0 Å². The summed E-state index contributed by atoms with van der Waals surface area (Å²) in [5, 5.41) is 15.2. The van der Waals surface area contributed by atoms with Crippen LogP contribution in [0.4, 0.5) is 5.69 Å². The van der Waals surface area contributed by atoms with Gasteiger partial charge in [0.05, 0.1) is 11.9 Å². The molecule has 0 spiro atoms. The van der Waals surface area contributed by atoms with Gasteiger partial charge in [0, 0.05) is 12.6 Å². The Labute approximate surface area is 118 Å². The first-order valence-corrected chi connectivity index (χ1v) is 6.56. The lowest BCUT2D eigenvalue weighted by atomic mass is 9.84. The zero-order chi connectivity index (χ0) is 15.2. The first kappa shape index (κ1) is 16.2. The number of rotatable bonds is 8. The summed E-state index contributed by atoms with van der Waals surface area (Å²) >= 11 is 0. The van der Waals surface area contributed by atoms with Gasteiger partial charge < -0.3 is 16.2 Å². The normalized spacial score (nSPS) is 11.3. The fourth-order valence-corrected chi connectivity index (χ4v) is 1.84. The molecule has 0 aromatic carbocycles. The van der Waals surface area contributed by atoms with Gasteiger partial charge in [-0.1, -0.05) is 13.8 Å². The van der Waals surface area contributed by atoms with Gasteiger partial charge in [-0.05, 0) is 24.8 Å². The molecule has 0 radical (unpaired) electrons. The summed E-state index contributed by atoms with van der Waals surface area (Å²) in [6.07, 6.45) is 4.95. The minimum Gasteiger partial charge on any atom is -0.480 e. The Morgan fingerprint density at radius 3 is 2.75 bits per heavy atom. The molecule has 112 valence electrons. The second-order valence-corrected chi connectivity index (χ2v) is 5.57. The smallest absolute Gasteiger partial charge is 0.325 e. The predicted molar refractivity (Wildman–Crippen MR) is 75.2 cm³/mol. The highest BCUT2D eigenvalue weighted by atomic mass is 16.4. The Bertz CT molecular complexity index is 468. The number of anilines is 1. The average molecular weight is 282 g/mol. The van der Waals surface area contributed by atoms with Crippen molar-refractivity contribution in [2.75, 3.05) is 11.9 Å². The number of nitrogens with zero attached hydrogens (tertiary/aromatic N) is 2. The second-order valence-electron chi connectivity index (χ2n) is 5.57. The molecular formula is C13H22N4O3. The van der Waals surface area contributed by atoms with Gasteiger partial charge >= 0.3 is 5.97 Å². The van der Waals surface area contributed by atoms with Crippen LogP contribution in [0.25, 0.3) is 0 Å². The third kappa shape index (κ3) is 5.83. The SMILES string of the molecule is CC(C)(CCN)CCC(=O)Nc1cnn(CC(=O)O)c1. The topological polar surface area (TPSA) is 110 Å². The lowest BCUT2D eigenvalue weighted by Gasteiger charge is -2.23. The van der Waals surface area contributed by atoms with E-state index in [4.69, 9.17) is 10.8 Å². The molecule has 1 amide bonds. The lowest BCUT2D eigenvalue weighted by molar-refractivity contribution is -0.137. The summed E-state index contributed by atoms with van der Waals surface area (Å²) < 4.78 is 1.26. The number of carbonyl (C=O) groups is 2. The van der Waals surface area contributed by atoms with E-state index in [9.17, 15) is 9.59 Å². The maximum absolute atomic E-state index is 11.8. The Morgan fingerprint density at radius 1 is 1.45 bits per heavy atom. The lowest BCUT2D eigenvalue weighted by Crippen LogP contribution is -2.20. The number of carbonyl (C=O) groups excluding carboxylic acids is 1. The van der Waals surface area contributed by atoms with Gasteiger partial charge in [0.2, 0.25) is 5.91 Å². The number of aliphatic carboxylic acids is 1. The van der Waals surface area contributed by atoms with E-state index in [0.29, 0.717) is 18.7 Å². The number of aromatic nitrogens is 2. The van der Waals surface area contributed by atoms with Crippen LogP contribution in [0.5, 0.6) is 0 Å². The van der Waals surface area contributed by atoms with Gasteiger partial charge in [0.15, 0.2) is 0 Å². The minimum absolute atomic E-state index is 0.0412. The highest BCUT2D eigenvalue weighted by Gasteiger charge is 2.18. The number of carboxylic acid groups (broad SMARTS) is 1. The van der Waals surface area contributed by atoms with Crippen molar-refractivity contribution in [2.24, 2.45) is 11.1 Å². The fraction of sp³-hybridized carbons (Fsp3) is 0.615. The number of nitrogens with two attached hydrogens (primary N) is 1. The van der Waals surface area contributed by atoms with Crippen LogP contribution in [0, 0.1) is 5.41 Å². The van der Waals surface area contributed by atoms with Crippen molar-refractivity contribution in [3.8, 4) is 0 Å². The van der Waals surface area contributed by atoms with Crippen molar-refractivity contribution in [1.29, 1.82) is 0 Å². The molecule has 0 saturated heterocycles. The molecule has 7 nitrogen and oxygen atoms in total. The van der Waals surface area contributed by atoms with Crippen LogP contribution >= 0.6 is 0 Å².